The molecule has 0 atom stereocenters. The zero-order chi connectivity index (χ0) is 21.7. The molecule has 0 aromatic heterocycles. The van der Waals surface area contributed by atoms with Crippen molar-refractivity contribution in [2.24, 2.45) is 0 Å². The first-order chi connectivity index (χ1) is 14.3. The van der Waals surface area contributed by atoms with Gasteiger partial charge in [0.05, 0.1) is 30.3 Å². The number of morpholine rings is 1. The Labute approximate surface area is 175 Å². The standard InChI is InChI=1S/C21H24N2O6S/c1-3-29-21(25)17-8-7-15(2)19(14-17)22-20(24)16-5-4-6-18(13-16)30(26,27)23-9-11-28-12-10-23/h4-8,13-14H,3,9-12H2,1-2H3,(H,22,24). The van der Waals surface area contributed by atoms with E-state index in [2.05, 4.69) is 5.32 Å². The van der Waals surface area contributed by atoms with E-state index in [9.17, 15) is 18.0 Å². The Morgan fingerprint density at radius 3 is 2.53 bits per heavy atom. The van der Waals surface area contributed by atoms with Crippen LogP contribution >= 0.6 is 0 Å². The lowest BCUT2D eigenvalue weighted by Gasteiger charge is -2.26. The Hall–Kier alpha value is -2.75. The minimum absolute atomic E-state index is 0.0500. The van der Waals surface area contributed by atoms with Crippen LogP contribution in [0.4, 0.5) is 5.69 Å². The fourth-order valence-corrected chi connectivity index (χ4v) is 4.48. The molecule has 30 heavy (non-hydrogen) atoms. The molecule has 9 heteroatoms. The summed E-state index contributed by atoms with van der Waals surface area (Å²) in [5.74, 6) is -0.954. The topological polar surface area (TPSA) is 102 Å². The number of sulfonamides is 1. The van der Waals surface area contributed by atoms with Gasteiger partial charge >= 0.3 is 5.97 Å². The summed E-state index contributed by atoms with van der Waals surface area (Å²) in [4.78, 5) is 24.8. The van der Waals surface area contributed by atoms with E-state index in [-0.39, 0.29) is 30.2 Å². The molecule has 1 aliphatic heterocycles. The number of aryl methyl sites for hydroxylation is 1. The number of esters is 1. The average molecular weight is 432 g/mol. The quantitative estimate of drug-likeness (QED) is 0.704. The fourth-order valence-electron chi connectivity index (χ4n) is 3.03. The van der Waals surface area contributed by atoms with Crippen molar-refractivity contribution in [1.82, 2.24) is 4.31 Å². The molecule has 1 aliphatic rings. The lowest BCUT2D eigenvalue weighted by Crippen LogP contribution is -2.40. The smallest absolute Gasteiger partial charge is 0.338 e. The fraction of sp³-hybridized carbons (Fsp3) is 0.333. The molecule has 1 saturated heterocycles. The van der Waals surface area contributed by atoms with Gasteiger partial charge in [0.15, 0.2) is 0 Å². The van der Waals surface area contributed by atoms with Crippen LogP contribution in [0.3, 0.4) is 0 Å². The lowest BCUT2D eigenvalue weighted by atomic mass is 10.1. The third kappa shape index (κ3) is 4.86. The summed E-state index contributed by atoms with van der Waals surface area (Å²) >= 11 is 0. The first-order valence-electron chi connectivity index (χ1n) is 9.60. The number of rotatable bonds is 6. The highest BCUT2D eigenvalue weighted by Crippen LogP contribution is 2.21. The van der Waals surface area contributed by atoms with Crippen molar-refractivity contribution in [2.75, 3.05) is 38.2 Å². The van der Waals surface area contributed by atoms with E-state index in [4.69, 9.17) is 9.47 Å². The van der Waals surface area contributed by atoms with Crippen LogP contribution in [-0.4, -0.2) is 57.5 Å². The highest BCUT2D eigenvalue weighted by atomic mass is 32.2. The molecule has 0 saturated carbocycles. The highest BCUT2D eigenvalue weighted by molar-refractivity contribution is 7.89. The molecule has 0 aliphatic carbocycles. The third-order valence-corrected chi connectivity index (χ3v) is 6.60. The van der Waals surface area contributed by atoms with Crippen LogP contribution in [0.5, 0.6) is 0 Å². The summed E-state index contributed by atoms with van der Waals surface area (Å²) in [6, 6.07) is 10.8. The van der Waals surface area contributed by atoms with Crippen molar-refractivity contribution >= 4 is 27.6 Å². The monoisotopic (exact) mass is 432 g/mol. The number of nitrogens with zero attached hydrogens (tertiary/aromatic N) is 1. The normalized spacial score (nSPS) is 14.9. The van der Waals surface area contributed by atoms with E-state index in [1.54, 1.807) is 32.0 Å². The van der Waals surface area contributed by atoms with Gasteiger partial charge in [-0.2, -0.15) is 4.31 Å². The molecule has 1 N–H and O–H groups in total. The highest BCUT2D eigenvalue weighted by Gasteiger charge is 2.27. The molecule has 0 radical (unpaired) electrons. The number of amides is 1. The van der Waals surface area contributed by atoms with Gasteiger partial charge in [0, 0.05) is 24.3 Å². The van der Waals surface area contributed by atoms with Gasteiger partial charge in [0.2, 0.25) is 10.0 Å². The summed E-state index contributed by atoms with van der Waals surface area (Å²) in [5.41, 5.74) is 1.73. The van der Waals surface area contributed by atoms with Crippen molar-refractivity contribution in [3.63, 3.8) is 0 Å². The second kappa shape index (κ2) is 9.38. The van der Waals surface area contributed by atoms with Gasteiger partial charge in [-0.25, -0.2) is 13.2 Å². The number of nitrogens with one attached hydrogen (secondary N) is 1. The second-order valence-electron chi connectivity index (χ2n) is 6.75. The molecule has 0 unspecified atom stereocenters. The van der Waals surface area contributed by atoms with Gasteiger partial charge in [-0.15, -0.1) is 0 Å². The van der Waals surface area contributed by atoms with Crippen molar-refractivity contribution in [3.05, 3.63) is 59.2 Å². The van der Waals surface area contributed by atoms with Crippen LogP contribution in [-0.2, 0) is 19.5 Å². The van der Waals surface area contributed by atoms with E-state index in [1.807, 2.05) is 0 Å². The minimum atomic E-state index is -3.71. The second-order valence-corrected chi connectivity index (χ2v) is 8.69. The predicted molar refractivity (Wildman–Crippen MR) is 111 cm³/mol. The molecule has 0 bridgehead atoms. The molecular weight excluding hydrogens is 408 g/mol. The maximum Gasteiger partial charge on any atom is 0.338 e. The van der Waals surface area contributed by atoms with Crippen LogP contribution < -0.4 is 5.32 Å². The van der Waals surface area contributed by atoms with Crippen LogP contribution in [0.2, 0.25) is 0 Å². The maximum absolute atomic E-state index is 12.8. The first-order valence-corrected chi connectivity index (χ1v) is 11.0. The third-order valence-electron chi connectivity index (χ3n) is 4.70. The zero-order valence-corrected chi connectivity index (χ0v) is 17.7. The van der Waals surface area contributed by atoms with E-state index in [1.165, 1.54) is 28.6 Å². The van der Waals surface area contributed by atoms with Gasteiger partial charge in [0.25, 0.3) is 5.91 Å². The Kier molecular flexibility index (Phi) is 6.86. The van der Waals surface area contributed by atoms with Crippen molar-refractivity contribution in [2.45, 2.75) is 18.7 Å². The molecule has 0 spiro atoms. The molecule has 1 amide bonds. The molecule has 2 aromatic carbocycles. The van der Waals surface area contributed by atoms with E-state index >= 15 is 0 Å². The van der Waals surface area contributed by atoms with E-state index in [0.29, 0.717) is 24.5 Å². The Bertz CT molecular complexity index is 1050. The number of hydrogen-bond donors (Lipinski definition) is 1. The van der Waals surface area contributed by atoms with Crippen molar-refractivity contribution in [1.29, 1.82) is 0 Å². The average Bonchev–Trinajstić information content (AvgIpc) is 2.76. The van der Waals surface area contributed by atoms with Gasteiger partial charge in [0.1, 0.15) is 0 Å². The van der Waals surface area contributed by atoms with Gasteiger partial charge in [-0.3, -0.25) is 4.79 Å². The number of anilines is 1. The summed E-state index contributed by atoms with van der Waals surface area (Å²) in [5, 5.41) is 2.75. The van der Waals surface area contributed by atoms with E-state index < -0.39 is 21.9 Å². The van der Waals surface area contributed by atoms with Crippen LogP contribution in [0.1, 0.15) is 33.2 Å². The molecule has 3 rings (SSSR count). The number of ether oxygens (including phenoxy) is 2. The van der Waals surface area contributed by atoms with Crippen LogP contribution in [0.15, 0.2) is 47.4 Å². The van der Waals surface area contributed by atoms with Crippen molar-refractivity contribution < 1.29 is 27.5 Å². The predicted octanol–water partition coefficient (Wildman–Crippen LogP) is 2.44. The van der Waals surface area contributed by atoms with Gasteiger partial charge in [-0.05, 0) is 49.7 Å². The molecule has 1 fully saturated rings. The van der Waals surface area contributed by atoms with Gasteiger partial charge < -0.3 is 14.8 Å². The Morgan fingerprint density at radius 2 is 1.83 bits per heavy atom. The lowest BCUT2D eigenvalue weighted by molar-refractivity contribution is 0.0526. The number of carbonyl (C=O) groups is 2. The first kappa shape index (κ1) is 21.9. The van der Waals surface area contributed by atoms with Crippen molar-refractivity contribution in [3.8, 4) is 0 Å². The minimum Gasteiger partial charge on any atom is -0.462 e. The molecule has 1 heterocycles. The summed E-state index contributed by atoms with van der Waals surface area (Å²) < 4.78 is 37.2. The Morgan fingerprint density at radius 1 is 1.10 bits per heavy atom. The summed E-state index contributed by atoms with van der Waals surface area (Å²) in [7, 11) is -3.71. The molecular formula is C21H24N2O6S. The molecule has 2 aromatic rings. The maximum atomic E-state index is 12.8. The molecule has 8 nitrogen and oxygen atoms in total. The number of benzene rings is 2. The SMILES string of the molecule is CCOC(=O)c1ccc(C)c(NC(=O)c2cccc(S(=O)(=O)N3CCOCC3)c2)c1. The van der Waals surface area contributed by atoms with Crippen LogP contribution in [0, 0.1) is 6.92 Å². The van der Waals surface area contributed by atoms with Gasteiger partial charge in [-0.1, -0.05) is 12.1 Å². The zero-order valence-electron chi connectivity index (χ0n) is 16.9. The number of hydrogen-bond acceptors (Lipinski definition) is 6. The molecule has 160 valence electrons. The number of carbonyl (C=O) groups excluding carboxylic acids is 2. The summed E-state index contributed by atoms with van der Waals surface area (Å²) in [6.07, 6.45) is 0. The largest absolute Gasteiger partial charge is 0.462 e. The summed E-state index contributed by atoms with van der Waals surface area (Å²) in [6.45, 7) is 5.00. The Balaban J connectivity index is 1.82. The van der Waals surface area contributed by atoms with E-state index in [0.717, 1.165) is 5.56 Å². The van der Waals surface area contributed by atoms with Crippen LogP contribution in [0.25, 0.3) is 0 Å².